The Labute approximate surface area is 160 Å². The molecule has 0 fully saturated rings. The summed E-state index contributed by atoms with van der Waals surface area (Å²) in [4.78, 5) is 23.9. The number of carbonyl (C=O) groups excluding carboxylic acids is 1. The number of nitrogens with one attached hydrogen (secondary N) is 1. The van der Waals surface area contributed by atoms with Crippen molar-refractivity contribution in [3.05, 3.63) is 65.4 Å². The number of aromatic carboxylic acids is 1. The van der Waals surface area contributed by atoms with Crippen molar-refractivity contribution >= 4 is 17.6 Å². The number of carbonyl (C=O) groups is 2. The van der Waals surface area contributed by atoms with Crippen LogP contribution in [-0.4, -0.2) is 28.7 Å². The van der Waals surface area contributed by atoms with Gasteiger partial charge >= 0.3 is 5.97 Å². The van der Waals surface area contributed by atoms with Crippen molar-refractivity contribution in [1.82, 2.24) is 5.16 Å². The van der Waals surface area contributed by atoms with Crippen LogP contribution in [0.1, 0.15) is 33.3 Å². The van der Waals surface area contributed by atoms with Crippen LogP contribution in [0.25, 0.3) is 11.3 Å². The molecule has 8 heteroatoms. The number of hydrogen-bond acceptors (Lipinski definition) is 6. The van der Waals surface area contributed by atoms with Gasteiger partial charge in [-0.1, -0.05) is 17.3 Å². The molecule has 1 amide bonds. The highest BCUT2D eigenvalue weighted by Gasteiger charge is 2.19. The summed E-state index contributed by atoms with van der Waals surface area (Å²) < 4.78 is 10.8. The van der Waals surface area contributed by atoms with E-state index in [1.165, 1.54) is 24.3 Å². The lowest BCUT2D eigenvalue weighted by atomic mass is 10.1. The third-order valence-electron chi connectivity index (χ3n) is 3.82. The average molecular weight is 377 g/mol. The van der Waals surface area contributed by atoms with Crippen molar-refractivity contribution in [1.29, 1.82) is 5.26 Å². The first-order valence-electron chi connectivity index (χ1n) is 8.31. The third-order valence-corrected chi connectivity index (χ3v) is 3.82. The Balaban J connectivity index is 1.87. The molecule has 28 heavy (non-hydrogen) atoms. The van der Waals surface area contributed by atoms with Gasteiger partial charge in [0.1, 0.15) is 5.75 Å². The zero-order chi connectivity index (χ0) is 20.1. The second-order valence-corrected chi connectivity index (χ2v) is 5.64. The lowest BCUT2D eigenvalue weighted by Crippen LogP contribution is -2.15. The van der Waals surface area contributed by atoms with E-state index in [1.807, 2.05) is 19.1 Å². The molecule has 2 N–H and O–H groups in total. The van der Waals surface area contributed by atoms with E-state index in [0.29, 0.717) is 23.7 Å². The van der Waals surface area contributed by atoms with Crippen LogP contribution < -0.4 is 10.1 Å². The summed E-state index contributed by atoms with van der Waals surface area (Å²) >= 11 is 0. The Bertz CT molecular complexity index is 1080. The fraction of sp³-hybridized carbons (Fsp3) is 0.100. The number of carboxylic acids is 1. The normalized spacial score (nSPS) is 10.1. The van der Waals surface area contributed by atoms with Gasteiger partial charge in [0.25, 0.3) is 5.91 Å². The van der Waals surface area contributed by atoms with Gasteiger partial charge in [-0.3, -0.25) is 4.79 Å². The summed E-state index contributed by atoms with van der Waals surface area (Å²) in [6.07, 6.45) is 0. The molecule has 8 nitrogen and oxygen atoms in total. The van der Waals surface area contributed by atoms with Crippen molar-refractivity contribution in [2.24, 2.45) is 0 Å². The maximum absolute atomic E-state index is 12.5. The average Bonchev–Trinajstić information content (AvgIpc) is 3.19. The second-order valence-electron chi connectivity index (χ2n) is 5.64. The van der Waals surface area contributed by atoms with E-state index in [2.05, 4.69) is 10.5 Å². The standard InChI is InChI=1S/C20H15N3O5/c1-2-27-17-6-4-3-5-13(17)18-10-16(23-28-18)19(24)22-15-8-7-12(11-21)9-14(15)20(25)26/h3-10H,2H2,1H3,(H,22,24)(H,25,26). The highest BCUT2D eigenvalue weighted by atomic mass is 16.5. The molecule has 0 radical (unpaired) electrons. The molecule has 0 saturated carbocycles. The van der Waals surface area contributed by atoms with Crippen LogP contribution in [0.3, 0.4) is 0 Å². The van der Waals surface area contributed by atoms with Gasteiger partial charge in [0.15, 0.2) is 11.5 Å². The number of ether oxygens (including phenoxy) is 1. The number of para-hydroxylation sites is 1. The molecule has 0 aliphatic rings. The second kappa shape index (κ2) is 8.05. The number of hydrogen-bond donors (Lipinski definition) is 2. The Hall–Kier alpha value is -4.12. The van der Waals surface area contributed by atoms with E-state index >= 15 is 0 Å². The summed E-state index contributed by atoms with van der Waals surface area (Å²) in [5.41, 5.74) is 0.641. The van der Waals surface area contributed by atoms with Crippen molar-refractivity contribution in [2.45, 2.75) is 6.92 Å². The first kappa shape index (κ1) is 18.7. The lowest BCUT2D eigenvalue weighted by Gasteiger charge is -2.07. The van der Waals surface area contributed by atoms with Crippen molar-refractivity contribution in [2.75, 3.05) is 11.9 Å². The van der Waals surface area contributed by atoms with E-state index in [4.69, 9.17) is 14.5 Å². The lowest BCUT2D eigenvalue weighted by molar-refractivity contribution is 0.0698. The van der Waals surface area contributed by atoms with E-state index in [0.717, 1.165) is 0 Å². The van der Waals surface area contributed by atoms with Crippen LogP contribution in [0.4, 0.5) is 5.69 Å². The monoisotopic (exact) mass is 377 g/mol. The van der Waals surface area contributed by atoms with Gasteiger partial charge in [-0.25, -0.2) is 4.79 Å². The fourth-order valence-corrected chi connectivity index (χ4v) is 2.55. The van der Waals surface area contributed by atoms with Gasteiger partial charge < -0.3 is 19.7 Å². The summed E-state index contributed by atoms with van der Waals surface area (Å²) in [6.45, 7) is 2.32. The molecule has 3 rings (SSSR count). The molecule has 140 valence electrons. The molecule has 0 spiro atoms. The molecule has 0 unspecified atom stereocenters. The largest absolute Gasteiger partial charge is 0.493 e. The molecule has 2 aromatic carbocycles. The zero-order valence-corrected chi connectivity index (χ0v) is 14.8. The summed E-state index contributed by atoms with van der Waals surface area (Å²) in [5.74, 6) is -0.976. The fourth-order valence-electron chi connectivity index (χ4n) is 2.55. The van der Waals surface area contributed by atoms with Gasteiger partial charge in [0, 0.05) is 6.07 Å². The molecule has 1 aromatic heterocycles. The van der Waals surface area contributed by atoms with E-state index in [-0.39, 0.29) is 22.5 Å². The van der Waals surface area contributed by atoms with Crippen molar-refractivity contribution in [3.63, 3.8) is 0 Å². The van der Waals surface area contributed by atoms with Crippen LogP contribution in [0, 0.1) is 11.3 Å². The SMILES string of the molecule is CCOc1ccccc1-c1cc(C(=O)Nc2ccc(C#N)cc2C(=O)O)no1. The van der Waals surface area contributed by atoms with Crippen LogP contribution in [0.2, 0.25) is 0 Å². The van der Waals surface area contributed by atoms with E-state index in [9.17, 15) is 14.7 Å². The molecule has 0 aliphatic heterocycles. The number of benzene rings is 2. The topological polar surface area (TPSA) is 125 Å². The number of anilines is 1. The molecule has 0 saturated heterocycles. The van der Waals surface area contributed by atoms with Gasteiger partial charge in [-0.05, 0) is 37.3 Å². The first-order chi connectivity index (χ1) is 13.5. The summed E-state index contributed by atoms with van der Waals surface area (Å²) in [5, 5.41) is 24.4. The minimum Gasteiger partial charge on any atom is -0.493 e. The minimum atomic E-state index is -1.26. The molecular formula is C20H15N3O5. The maximum Gasteiger partial charge on any atom is 0.337 e. The van der Waals surface area contributed by atoms with Gasteiger partial charge in [-0.2, -0.15) is 5.26 Å². The summed E-state index contributed by atoms with van der Waals surface area (Å²) in [6, 6.07) is 14.4. The van der Waals surface area contributed by atoms with Crippen LogP contribution in [0.5, 0.6) is 5.75 Å². The molecule has 3 aromatic rings. The number of nitriles is 1. The van der Waals surface area contributed by atoms with Crippen LogP contribution in [-0.2, 0) is 0 Å². The number of carboxylic acid groups (broad SMARTS) is 1. The highest BCUT2D eigenvalue weighted by molar-refractivity contribution is 6.07. The Kier molecular flexibility index (Phi) is 5.37. The third kappa shape index (κ3) is 3.83. The van der Waals surface area contributed by atoms with Gasteiger partial charge in [-0.15, -0.1) is 0 Å². The predicted octanol–water partition coefficient (Wildman–Crippen LogP) is 3.56. The number of rotatable bonds is 6. The molecule has 0 aliphatic carbocycles. The Morgan fingerprint density at radius 2 is 2.04 bits per heavy atom. The van der Waals surface area contributed by atoms with Crippen LogP contribution in [0.15, 0.2) is 53.1 Å². The van der Waals surface area contributed by atoms with E-state index in [1.54, 1.807) is 18.2 Å². The van der Waals surface area contributed by atoms with Crippen molar-refractivity contribution in [3.8, 4) is 23.1 Å². The Morgan fingerprint density at radius 3 is 2.75 bits per heavy atom. The number of aromatic nitrogens is 1. The molecule has 0 atom stereocenters. The van der Waals surface area contributed by atoms with Gasteiger partial charge in [0.2, 0.25) is 0 Å². The smallest absolute Gasteiger partial charge is 0.337 e. The molecule has 1 heterocycles. The number of amides is 1. The predicted molar refractivity (Wildman–Crippen MR) is 99.2 cm³/mol. The first-order valence-corrected chi connectivity index (χ1v) is 8.31. The zero-order valence-electron chi connectivity index (χ0n) is 14.8. The van der Waals surface area contributed by atoms with Gasteiger partial charge in [0.05, 0.1) is 35.1 Å². The molecular weight excluding hydrogens is 362 g/mol. The maximum atomic E-state index is 12.5. The highest BCUT2D eigenvalue weighted by Crippen LogP contribution is 2.30. The number of nitrogens with zero attached hydrogens (tertiary/aromatic N) is 2. The summed E-state index contributed by atoms with van der Waals surface area (Å²) in [7, 11) is 0. The Morgan fingerprint density at radius 1 is 1.25 bits per heavy atom. The van der Waals surface area contributed by atoms with Crippen LogP contribution >= 0.6 is 0 Å². The molecule has 0 bridgehead atoms. The van der Waals surface area contributed by atoms with E-state index < -0.39 is 11.9 Å². The minimum absolute atomic E-state index is 0.0259. The quantitative estimate of drug-likeness (QED) is 0.672. The van der Waals surface area contributed by atoms with Crippen molar-refractivity contribution < 1.29 is 24.0 Å².